The number of hydrogen-bond donors (Lipinski definition) is 1. The first-order chi connectivity index (χ1) is 8.70. The summed E-state index contributed by atoms with van der Waals surface area (Å²) in [6, 6.07) is 14.0. The highest BCUT2D eigenvalue weighted by molar-refractivity contribution is 7.98. The maximum atomic E-state index is 5.87. The highest BCUT2D eigenvalue weighted by Gasteiger charge is 2.02. The number of rotatable bonds is 4. The van der Waals surface area contributed by atoms with Crippen LogP contribution in [-0.4, -0.2) is 6.26 Å². The van der Waals surface area contributed by atoms with Crippen LogP contribution in [0.2, 0.25) is 0 Å². The van der Waals surface area contributed by atoms with Crippen molar-refractivity contribution in [2.45, 2.75) is 18.4 Å². The number of nitrogens with two attached hydrogens (primary N) is 1. The minimum absolute atomic E-state index is 0.551. The third-order valence-electron chi connectivity index (χ3n) is 2.94. The van der Waals surface area contributed by atoms with E-state index in [1.807, 2.05) is 37.3 Å². The third kappa shape index (κ3) is 2.99. The van der Waals surface area contributed by atoms with Crippen LogP contribution in [0.25, 0.3) is 0 Å². The van der Waals surface area contributed by atoms with E-state index in [-0.39, 0.29) is 0 Å². The van der Waals surface area contributed by atoms with Crippen molar-refractivity contribution in [1.29, 1.82) is 0 Å². The summed E-state index contributed by atoms with van der Waals surface area (Å²) < 4.78 is 5.76. The Morgan fingerprint density at radius 3 is 2.50 bits per heavy atom. The van der Waals surface area contributed by atoms with E-state index < -0.39 is 0 Å². The summed E-state index contributed by atoms with van der Waals surface area (Å²) in [5.74, 6) is 0.884. The SMILES string of the molecule is CSc1ccc(OCc2cccc(N)c2C)cc1. The zero-order valence-electron chi connectivity index (χ0n) is 10.6. The predicted octanol–water partition coefficient (Wildman–Crippen LogP) is 3.88. The van der Waals surface area contributed by atoms with Crippen LogP contribution >= 0.6 is 11.8 Å². The molecule has 0 unspecified atom stereocenters. The van der Waals surface area contributed by atoms with Gasteiger partial charge in [-0.3, -0.25) is 0 Å². The quantitative estimate of drug-likeness (QED) is 0.668. The molecule has 0 radical (unpaired) electrons. The van der Waals surface area contributed by atoms with Gasteiger partial charge in [0.2, 0.25) is 0 Å². The fraction of sp³-hybridized carbons (Fsp3) is 0.200. The molecule has 0 saturated carbocycles. The minimum atomic E-state index is 0.551. The van der Waals surface area contributed by atoms with Gasteiger partial charge in [0, 0.05) is 10.6 Å². The average Bonchev–Trinajstić information content (AvgIpc) is 2.41. The minimum Gasteiger partial charge on any atom is -0.489 e. The number of benzene rings is 2. The molecular formula is C15H17NOS. The Bertz CT molecular complexity index is 523. The smallest absolute Gasteiger partial charge is 0.119 e. The first-order valence-electron chi connectivity index (χ1n) is 5.81. The third-order valence-corrected chi connectivity index (χ3v) is 3.69. The van der Waals surface area contributed by atoms with E-state index in [1.54, 1.807) is 11.8 Å². The van der Waals surface area contributed by atoms with Gasteiger partial charge in [0.15, 0.2) is 0 Å². The van der Waals surface area contributed by atoms with Crippen LogP contribution in [-0.2, 0) is 6.61 Å². The molecule has 0 fully saturated rings. The number of anilines is 1. The normalized spacial score (nSPS) is 10.3. The van der Waals surface area contributed by atoms with Gasteiger partial charge in [0.25, 0.3) is 0 Å². The van der Waals surface area contributed by atoms with Crippen LogP contribution in [0.1, 0.15) is 11.1 Å². The Morgan fingerprint density at radius 1 is 1.11 bits per heavy atom. The lowest BCUT2D eigenvalue weighted by Gasteiger charge is -2.10. The fourth-order valence-corrected chi connectivity index (χ4v) is 2.10. The van der Waals surface area contributed by atoms with Crippen molar-refractivity contribution in [2.24, 2.45) is 0 Å². The van der Waals surface area contributed by atoms with Crippen LogP contribution in [0.15, 0.2) is 47.4 Å². The topological polar surface area (TPSA) is 35.2 Å². The summed E-state index contributed by atoms with van der Waals surface area (Å²) in [4.78, 5) is 1.24. The molecule has 94 valence electrons. The molecule has 2 nitrogen and oxygen atoms in total. The molecule has 0 aromatic heterocycles. The van der Waals surface area contributed by atoms with Gasteiger partial charge in [0.1, 0.15) is 12.4 Å². The summed E-state index contributed by atoms with van der Waals surface area (Å²) in [6.07, 6.45) is 2.06. The highest BCUT2D eigenvalue weighted by atomic mass is 32.2. The van der Waals surface area contributed by atoms with Gasteiger partial charge in [-0.05, 0) is 54.6 Å². The van der Waals surface area contributed by atoms with Crippen molar-refractivity contribution < 1.29 is 4.74 Å². The molecule has 18 heavy (non-hydrogen) atoms. The molecular weight excluding hydrogens is 242 g/mol. The Kier molecular flexibility index (Phi) is 4.15. The van der Waals surface area contributed by atoms with Crippen molar-refractivity contribution in [3.05, 3.63) is 53.6 Å². The number of thioether (sulfide) groups is 1. The van der Waals surface area contributed by atoms with Crippen molar-refractivity contribution in [3.8, 4) is 5.75 Å². The average molecular weight is 259 g/mol. The summed E-state index contributed by atoms with van der Waals surface area (Å²) in [5.41, 5.74) is 8.91. The number of nitrogen functional groups attached to an aromatic ring is 1. The molecule has 2 aromatic carbocycles. The second-order valence-electron chi connectivity index (χ2n) is 4.10. The monoisotopic (exact) mass is 259 g/mol. The highest BCUT2D eigenvalue weighted by Crippen LogP contribution is 2.21. The second kappa shape index (κ2) is 5.83. The van der Waals surface area contributed by atoms with Crippen molar-refractivity contribution >= 4 is 17.4 Å². The van der Waals surface area contributed by atoms with E-state index in [4.69, 9.17) is 10.5 Å². The predicted molar refractivity (Wildman–Crippen MR) is 78.1 cm³/mol. The first kappa shape index (κ1) is 12.8. The molecule has 0 aliphatic heterocycles. The largest absolute Gasteiger partial charge is 0.489 e. The standard InChI is InChI=1S/C15H17NOS/c1-11-12(4-3-5-15(11)16)10-17-13-6-8-14(18-2)9-7-13/h3-9H,10,16H2,1-2H3. The molecule has 0 saturated heterocycles. The Balaban J connectivity index is 2.04. The maximum absolute atomic E-state index is 5.87. The summed E-state index contributed by atoms with van der Waals surface area (Å²) >= 11 is 1.72. The van der Waals surface area contributed by atoms with Gasteiger partial charge >= 0.3 is 0 Å². The van der Waals surface area contributed by atoms with Crippen LogP contribution in [0.4, 0.5) is 5.69 Å². The van der Waals surface area contributed by atoms with Crippen molar-refractivity contribution in [3.63, 3.8) is 0 Å². The molecule has 0 aliphatic carbocycles. The number of ether oxygens (including phenoxy) is 1. The van der Waals surface area contributed by atoms with Gasteiger partial charge in [-0.25, -0.2) is 0 Å². The number of hydrogen-bond acceptors (Lipinski definition) is 3. The molecule has 0 heterocycles. The Morgan fingerprint density at radius 2 is 1.83 bits per heavy atom. The maximum Gasteiger partial charge on any atom is 0.119 e. The second-order valence-corrected chi connectivity index (χ2v) is 4.98. The van der Waals surface area contributed by atoms with Gasteiger partial charge in [0.05, 0.1) is 0 Å². The van der Waals surface area contributed by atoms with Gasteiger partial charge < -0.3 is 10.5 Å². The molecule has 2 aromatic rings. The lowest BCUT2D eigenvalue weighted by Crippen LogP contribution is -2.00. The molecule has 0 amide bonds. The van der Waals surface area contributed by atoms with Gasteiger partial charge in [-0.2, -0.15) is 0 Å². The Hall–Kier alpha value is -1.61. The first-order valence-corrected chi connectivity index (χ1v) is 7.04. The van der Waals surface area contributed by atoms with E-state index in [2.05, 4.69) is 18.4 Å². The Labute approximate surface area is 112 Å². The summed E-state index contributed by atoms with van der Waals surface area (Å²) in [5, 5.41) is 0. The molecule has 0 aliphatic rings. The van der Waals surface area contributed by atoms with Crippen LogP contribution in [0.3, 0.4) is 0 Å². The van der Waals surface area contributed by atoms with E-state index >= 15 is 0 Å². The van der Waals surface area contributed by atoms with E-state index in [1.165, 1.54) is 4.90 Å². The van der Waals surface area contributed by atoms with Crippen molar-refractivity contribution in [1.82, 2.24) is 0 Å². The van der Waals surface area contributed by atoms with Gasteiger partial charge in [-0.15, -0.1) is 11.8 Å². The lowest BCUT2D eigenvalue weighted by atomic mass is 10.1. The van der Waals surface area contributed by atoms with Crippen LogP contribution in [0, 0.1) is 6.92 Å². The molecule has 3 heteroatoms. The molecule has 0 bridgehead atoms. The van der Waals surface area contributed by atoms with Crippen LogP contribution < -0.4 is 10.5 Å². The molecule has 0 spiro atoms. The van der Waals surface area contributed by atoms with E-state index in [0.29, 0.717) is 6.61 Å². The molecule has 2 rings (SSSR count). The summed E-state index contributed by atoms with van der Waals surface area (Å²) in [6.45, 7) is 2.57. The zero-order chi connectivity index (χ0) is 13.0. The van der Waals surface area contributed by atoms with Crippen LogP contribution in [0.5, 0.6) is 5.75 Å². The summed E-state index contributed by atoms with van der Waals surface area (Å²) in [7, 11) is 0. The van der Waals surface area contributed by atoms with Crippen molar-refractivity contribution in [2.75, 3.05) is 12.0 Å². The fourth-order valence-electron chi connectivity index (χ4n) is 1.69. The van der Waals surface area contributed by atoms with E-state index in [9.17, 15) is 0 Å². The molecule has 2 N–H and O–H groups in total. The van der Waals surface area contributed by atoms with E-state index in [0.717, 1.165) is 22.6 Å². The lowest BCUT2D eigenvalue weighted by molar-refractivity contribution is 0.305. The molecule has 0 atom stereocenters. The van der Waals surface area contributed by atoms with Gasteiger partial charge in [-0.1, -0.05) is 12.1 Å². The zero-order valence-corrected chi connectivity index (χ0v) is 11.5.